The third kappa shape index (κ3) is 51.1. The predicted molar refractivity (Wildman–Crippen MR) is 560 cm³/mol. The maximum absolute atomic E-state index is 12.9. The van der Waals surface area contributed by atoms with Crippen LogP contribution in [0.5, 0.6) is 40.2 Å². The molecule has 3 aliphatic heterocycles. The van der Waals surface area contributed by atoms with Gasteiger partial charge in [0.15, 0.2) is 34.5 Å². The number of benzene rings is 4. The number of ether oxygens (including phenoxy) is 7. The smallest absolute Gasteiger partial charge is 0.870 e. The number of ketones is 2. The number of aryl methyl sites for hydroxylation is 1. The Balaban J connectivity index is 0.000000448. The van der Waals surface area contributed by atoms with Crippen molar-refractivity contribution in [3.8, 4) is 40.2 Å². The van der Waals surface area contributed by atoms with E-state index in [2.05, 4.69) is 82.5 Å². The van der Waals surface area contributed by atoms with Crippen LogP contribution in [0.15, 0.2) is 166 Å². The molecule has 0 fully saturated rings. The molecule has 8 heterocycles. The second-order valence-corrected chi connectivity index (χ2v) is 39.0. The fourth-order valence-electron chi connectivity index (χ4n) is 14.0. The summed E-state index contributed by atoms with van der Waals surface area (Å²) >= 11 is 8.13. The second-order valence-electron chi connectivity index (χ2n) is 33.8. The summed E-state index contributed by atoms with van der Waals surface area (Å²) < 4.78 is 37.3. The Kier molecular flexibility index (Phi) is 64.0. The van der Waals surface area contributed by atoms with Crippen molar-refractivity contribution >= 4 is 122 Å². The molecule has 143 heavy (non-hydrogen) atoms. The van der Waals surface area contributed by atoms with Crippen LogP contribution in [-0.4, -0.2) is 119 Å². The van der Waals surface area contributed by atoms with Gasteiger partial charge < -0.3 is 108 Å². The summed E-state index contributed by atoms with van der Waals surface area (Å²) in [4.78, 5) is 138. The summed E-state index contributed by atoms with van der Waals surface area (Å²) in [7, 11) is 0. The van der Waals surface area contributed by atoms with Gasteiger partial charge in [-0.25, -0.2) is 14.4 Å². The monoisotopic (exact) mass is 2070 g/mol. The van der Waals surface area contributed by atoms with Crippen molar-refractivity contribution in [3.63, 3.8) is 0 Å². The number of rotatable bonds is 49. The molecule has 38 heteroatoms. The van der Waals surface area contributed by atoms with Crippen LogP contribution in [0, 0.1) is 18.8 Å². The van der Waals surface area contributed by atoms with E-state index in [4.69, 9.17) is 49.7 Å². The molecule has 0 aliphatic carbocycles. The van der Waals surface area contributed by atoms with Crippen molar-refractivity contribution in [1.29, 1.82) is 0 Å². The zero-order valence-electron chi connectivity index (χ0n) is 83.6. The Morgan fingerprint density at radius 3 is 1.04 bits per heavy atom. The molecule has 9 aromatic rings. The SMILES string of the molecule is C.CC(=O)C[C@H](NC(=O)Oc1ccc(C)cc1)c1ccc2c(c1)OCO2.CCCCC[C@H](C)C(=O)NCc1cccs1.CCCCC[C@H](C)C(=O)O.CCCCC[C@H](N)C(=O)NCc1cccs1.CCCCC[C@H](NC(=O)N[C@@H](CC(=O)O)c1ccc2c(c1)OCO2)C(=O)NCc1cccs1.CCCCC[C@H](NC(=O)N[C@@H](CC(C)=O)c1ccc2c(c1)OCO2)C(=O)NCc1cccs1.NCc1cccs1.[Li+].[OH-]. The molecular weight excluding hydrogens is 1920 g/mol. The van der Waals surface area contributed by atoms with Crippen LogP contribution in [0.4, 0.5) is 14.4 Å². The Morgan fingerprint density at radius 1 is 0.392 bits per heavy atom. The van der Waals surface area contributed by atoms with Gasteiger partial charge in [0.1, 0.15) is 29.4 Å². The fraction of sp³-hybridized carbons (Fsp3) is 0.476. The molecule has 4 aromatic carbocycles. The van der Waals surface area contributed by atoms with E-state index < -0.39 is 60.3 Å². The molecule has 5 aromatic heterocycles. The van der Waals surface area contributed by atoms with Crippen LogP contribution in [0.2, 0.25) is 0 Å². The number of hydrogen-bond acceptors (Lipinski definition) is 26. The molecule has 16 N–H and O–H groups in total. The van der Waals surface area contributed by atoms with Crippen LogP contribution in [0.25, 0.3) is 0 Å². The molecule has 32 nitrogen and oxygen atoms in total. The van der Waals surface area contributed by atoms with E-state index in [1.807, 2.05) is 114 Å². The van der Waals surface area contributed by atoms with Gasteiger partial charge in [0, 0.05) is 49.7 Å². The molecule has 780 valence electrons. The summed E-state index contributed by atoms with van der Waals surface area (Å²) in [6.07, 6.45) is 18.8. The topological polar surface area (TPSA) is 483 Å². The van der Waals surface area contributed by atoms with Crippen molar-refractivity contribution in [2.75, 3.05) is 20.4 Å². The molecule has 3 aliphatic rings. The maximum atomic E-state index is 12.9. The summed E-state index contributed by atoms with van der Waals surface area (Å²) in [5.41, 5.74) is 14.2. The molecule has 8 atom stereocenters. The average Bonchev–Trinajstić information content (AvgIpc) is 1.73. The zero-order chi connectivity index (χ0) is 102. The van der Waals surface area contributed by atoms with Gasteiger partial charge in [0.2, 0.25) is 44.0 Å². The number of nitrogens with two attached hydrogens (primary N) is 2. The summed E-state index contributed by atoms with van der Waals surface area (Å²) in [6.45, 7) is 22.4. The maximum Gasteiger partial charge on any atom is 1.00 e. The van der Waals surface area contributed by atoms with E-state index in [9.17, 15) is 57.8 Å². The number of carboxylic acids is 2. The molecule has 0 unspecified atom stereocenters. The number of carbonyl (C=O) groups is 11. The number of aliphatic carboxylic acids is 2. The van der Waals surface area contributed by atoms with Gasteiger partial charge in [-0.1, -0.05) is 218 Å². The van der Waals surface area contributed by atoms with Crippen LogP contribution in [0.3, 0.4) is 0 Å². The van der Waals surface area contributed by atoms with Gasteiger partial charge >= 0.3 is 49.0 Å². The first-order valence-electron chi connectivity index (χ1n) is 48.0. The first kappa shape index (κ1) is 126. The minimum atomic E-state index is -1.06. The minimum absolute atomic E-state index is 0. The quantitative estimate of drug-likeness (QED) is 0.0124. The van der Waals surface area contributed by atoms with Gasteiger partial charge in [0.25, 0.3) is 0 Å². The number of carbonyl (C=O) groups excluding carboxylic acids is 9. The first-order chi connectivity index (χ1) is 67.5. The molecule has 0 saturated carbocycles. The van der Waals surface area contributed by atoms with Crippen molar-refractivity contribution < 1.29 is 120 Å². The Bertz CT molecular complexity index is 4900. The average molecular weight is 2070 g/mol. The molecule has 9 amide bonds. The zero-order valence-corrected chi connectivity index (χ0v) is 87.7. The normalized spacial score (nSPS) is 12.8. The van der Waals surface area contributed by atoms with Crippen LogP contribution in [-0.2, 0) is 71.1 Å². The van der Waals surface area contributed by atoms with Crippen LogP contribution in [0.1, 0.15) is 282 Å². The molecule has 0 saturated heterocycles. The fourth-order valence-corrected chi connectivity index (χ4v) is 17.1. The predicted octanol–water partition coefficient (Wildman–Crippen LogP) is 18.0. The number of unbranched alkanes of at least 4 members (excludes halogenated alkanes) is 10. The van der Waals surface area contributed by atoms with Gasteiger partial charge in [-0.15, -0.1) is 56.7 Å². The molecule has 0 radical (unpaired) electrons. The van der Waals surface area contributed by atoms with Crippen molar-refractivity contribution in [2.45, 2.75) is 293 Å². The number of amides is 9. The summed E-state index contributed by atoms with van der Waals surface area (Å²) in [6, 6.07) is 37.9. The van der Waals surface area contributed by atoms with Gasteiger partial charge in [-0.05, 0) is 175 Å². The number of fused-ring (bicyclic) bond motifs is 3. The summed E-state index contributed by atoms with van der Waals surface area (Å²) in [5.74, 6) is 1.75. The number of Topliss-reactive ketones (excluding diaryl/α,β-unsaturated/α-hetero) is 2. The number of urea groups is 2. The summed E-state index contributed by atoms with van der Waals surface area (Å²) in [5, 5.41) is 53.2. The molecule has 0 spiro atoms. The number of nitrogens with one attached hydrogen (secondary N) is 9. The third-order valence-corrected chi connectivity index (χ3v) is 26.4. The molecular formula is C105H148LiN11O21S5. The van der Waals surface area contributed by atoms with Crippen molar-refractivity contribution in [1.82, 2.24) is 47.9 Å². The Hall–Kier alpha value is -11.4. The molecule has 12 rings (SSSR count). The van der Waals surface area contributed by atoms with Crippen molar-refractivity contribution in [3.05, 3.63) is 213 Å². The number of thiophene rings is 5. The van der Waals surface area contributed by atoms with Gasteiger partial charge in [0.05, 0.1) is 62.7 Å². The van der Waals surface area contributed by atoms with E-state index in [1.54, 1.807) is 130 Å². The minimum Gasteiger partial charge on any atom is -0.870 e. The van der Waals surface area contributed by atoms with Crippen LogP contribution >= 0.6 is 56.7 Å². The largest absolute Gasteiger partial charge is 1.00 e. The van der Waals surface area contributed by atoms with Gasteiger partial charge in [-0.2, -0.15) is 0 Å². The molecule has 0 bridgehead atoms. The van der Waals surface area contributed by atoms with Crippen molar-refractivity contribution in [2.24, 2.45) is 23.3 Å². The number of carboxylic acid groups (broad SMARTS) is 2. The Morgan fingerprint density at radius 2 is 0.713 bits per heavy atom. The van der Waals surface area contributed by atoms with Crippen LogP contribution < -0.4 is 111 Å². The van der Waals surface area contributed by atoms with Gasteiger partial charge in [-0.3, -0.25) is 38.4 Å². The van der Waals surface area contributed by atoms with E-state index in [0.29, 0.717) is 91.4 Å². The second kappa shape index (κ2) is 72.8. The van der Waals surface area contributed by atoms with E-state index in [1.165, 1.54) is 36.4 Å². The number of hydrogen-bond donors (Lipinski definition) is 13. The first-order valence-corrected chi connectivity index (χ1v) is 52.4. The Labute approximate surface area is 874 Å². The standard InChI is InChI=1S/C24H31N3O5S.C23H29N3O6S.C19H19NO5.C13H21NOS.C12H20N2OS.C8H16O2.C5H7NS.CH4.Li.H2O/c1-3-4-5-8-19(23(29)25-14-18-7-6-11-33-18)26-24(30)27-20(12-16(2)28)17-9-10-21-22(13-17)32-15-31-21;1-2-3-4-7-17(22(29)24-13-16-6-5-10-33-16)25-23(30)26-18(12-21(27)28)15-8-9-19-20(11-15)32-14-31-19;1-12-3-6-15(7-4-12)25-19(22)20-16(9-13(2)21)14-5-8-17-18(10-14)24-11-23-17;1-3-4-5-7-11(2)13(15)14-10-12-8-6-9-16-12;1-2-3-4-7-11(13)12(15)14-9-10-6-5-8-16-10;1-3-4-5-6-7(2)8(9)10;6-4-5-2-1-3-7-5;;;/h6-7,9-11,13,19-20H,3-5,8,12,14-15H2,1-2H3,(H,25,29)(H2,26,27,30);5-6,8-11,17-18H,2-4,7,12-14H2,1H3,(H,24,29)(H,27,28)(H2,25,26,30);3-8,10,16H,9,11H2,1-2H3,(H,20,22);6,8-9,11H,3-5,7,10H2,1-2H3,(H,14,15);5-6,8,11H,2-4,7,9,13H2,1H3,(H,14,15);7H,3-6H2,1-2H3,(H,9,10);1-3H,4,6H2;1H4;;1H2/q;;;;;;;;+1;/p-1/t19-,20-;17-,18-;16-;2*11-;7-;;;;/m000000..../s1. The van der Waals surface area contributed by atoms with E-state index in [-0.39, 0.29) is 124 Å². The van der Waals surface area contributed by atoms with E-state index >= 15 is 0 Å². The van der Waals surface area contributed by atoms with E-state index in [0.717, 1.165) is 134 Å². The third-order valence-electron chi connectivity index (χ3n) is 22.0.